The number of hydrogen-bond donors (Lipinski definition) is 1. The molecule has 0 saturated carbocycles. The van der Waals surface area contributed by atoms with Gasteiger partial charge in [0.05, 0.1) is 17.6 Å². The Balaban J connectivity index is 1.65. The fraction of sp³-hybridized carbons (Fsp3) is 0.200. The zero-order valence-electron chi connectivity index (χ0n) is 18.6. The van der Waals surface area contributed by atoms with Crippen molar-refractivity contribution in [3.05, 3.63) is 102 Å². The van der Waals surface area contributed by atoms with E-state index in [1.54, 1.807) is 0 Å². The largest absolute Gasteiger partial charge is 0.392 e. The molecule has 0 radical (unpaired) electrons. The van der Waals surface area contributed by atoms with Crippen LogP contribution in [0, 0.1) is 0 Å². The molecule has 0 saturated heterocycles. The highest BCUT2D eigenvalue weighted by atomic mass is 16.3. The minimum atomic E-state index is -0.0232. The number of para-hydroxylation sites is 2. The van der Waals surface area contributed by atoms with E-state index in [1.807, 2.05) is 0 Å². The SMILES string of the molecule is CCC1(CC)c2cc(CO)ccc2-c2ccc(-n3c4ccccc4c4ccccc43)cc21. The molecule has 0 amide bonds. The van der Waals surface area contributed by atoms with Gasteiger partial charge in [-0.3, -0.25) is 0 Å². The molecule has 4 aromatic carbocycles. The lowest BCUT2D eigenvalue weighted by Crippen LogP contribution is -2.23. The first kappa shape index (κ1) is 19.3. The third-order valence-electron chi connectivity index (χ3n) is 7.64. The van der Waals surface area contributed by atoms with Crippen molar-refractivity contribution in [1.29, 1.82) is 0 Å². The van der Waals surface area contributed by atoms with Crippen molar-refractivity contribution >= 4 is 21.8 Å². The predicted molar refractivity (Wildman–Crippen MR) is 134 cm³/mol. The van der Waals surface area contributed by atoms with Crippen molar-refractivity contribution in [2.45, 2.75) is 38.7 Å². The molecular formula is C30H27NO. The van der Waals surface area contributed by atoms with E-state index in [-0.39, 0.29) is 12.0 Å². The molecule has 5 aromatic rings. The van der Waals surface area contributed by atoms with E-state index in [0.717, 1.165) is 18.4 Å². The van der Waals surface area contributed by atoms with Gasteiger partial charge in [0.15, 0.2) is 0 Å². The Hall–Kier alpha value is -3.36. The highest BCUT2D eigenvalue weighted by Gasteiger charge is 2.40. The average molecular weight is 418 g/mol. The summed E-state index contributed by atoms with van der Waals surface area (Å²) in [5, 5.41) is 12.3. The zero-order chi connectivity index (χ0) is 21.9. The van der Waals surface area contributed by atoms with Gasteiger partial charge in [-0.2, -0.15) is 0 Å². The van der Waals surface area contributed by atoms with Gasteiger partial charge in [0.25, 0.3) is 0 Å². The van der Waals surface area contributed by atoms with Crippen LogP contribution in [0.3, 0.4) is 0 Å². The second kappa shape index (κ2) is 7.08. The molecule has 2 heteroatoms. The Morgan fingerprint density at radius 2 is 1.25 bits per heavy atom. The molecule has 6 rings (SSSR count). The fourth-order valence-corrected chi connectivity index (χ4v) is 5.98. The zero-order valence-corrected chi connectivity index (χ0v) is 18.6. The number of aliphatic hydroxyl groups is 1. The van der Waals surface area contributed by atoms with E-state index in [4.69, 9.17) is 0 Å². The van der Waals surface area contributed by atoms with E-state index in [0.29, 0.717) is 0 Å². The van der Waals surface area contributed by atoms with Crippen LogP contribution >= 0.6 is 0 Å². The van der Waals surface area contributed by atoms with E-state index >= 15 is 0 Å². The quantitative estimate of drug-likeness (QED) is 0.325. The number of benzene rings is 4. The molecule has 0 aliphatic heterocycles. The summed E-state index contributed by atoms with van der Waals surface area (Å²) in [5.74, 6) is 0. The normalized spacial score (nSPS) is 14.1. The van der Waals surface area contributed by atoms with Gasteiger partial charge in [-0.25, -0.2) is 0 Å². The molecular weight excluding hydrogens is 390 g/mol. The monoisotopic (exact) mass is 417 g/mol. The maximum absolute atomic E-state index is 9.77. The van der Waals surface area contributed by atoms with Gasteiger partial charge in [0.2, 0.25) is 0 Å². The minimum absolute atomic E-state index is 0.0232. The van der Waals surface area contributed by atoms with Crippen LogP contribution in [0.2, 0.25) is 0 Å². The predicted octanol–water partition coefficient (Wildman–Crippen LogP) is 7.36. The Labute approximate surface area is 188 Å². The van der Waals surface area contributed by atoms with E-state index in [1.165, 1.54) is 49.7 Å². The van der Waals surface area contributed by atoms with E-state index in [2.05, 4.69) is 103 Å². The van der Waals surface area contributed by atoms with Gasteiger partial charge in [0, 0.05) is 21.9 Å². The molecule has 1 N–H and O–H groups in total. The van der Waals surface area contributed by atoms with Crippen molar-refractivity contribution in [3.8, 4) is 16.8 Å². The number of fused-ring (bicyclic) bond motifs is 6. The highest BCUT2D eigenvalue weighted by Crippen LogP contribution is 2.53. The number of aliphatic hydroxyl groups excluding tert-OH is 1. The number of hydrogen-bond acceptors (Lipinski definition) is 1. The van der Waals surface area contributed by atoms with Crippen LogP contribution in [0.1, 0.15) is 43.4 Å². The molecule has 158 valence electrons. The highest BCUT2D eigenvalue weighted by molar-refractivity contribution is 6.09. The molecule has 0 spiro atoms. The molecule has 0 unspecified atom stereocenters. The summed E-state index contributed by atoms with van der Waals surface area (Å²) >= 11 is 0. The number of aromatic nitrogens is 1. The van der Waals surface area contributed by atoms with E-state index in [9.17, 15) is 5.11 Å². The van der Waals surface area contributed by atoms with Crippen LogP contribution in [0.25, 0.3) is 38.6 Å². The lowest BCUT2D eigenvalue weighted by atomic mass is 9.73. The molecule has 1 aliphatic rings. The van der Waals surface area contributed by atoms with Gasteiger partial charge in [-0.05, 0) is 64.9 Å². The first-order valence-corrected chi connectivity index (χ1v) is 11.6. The molecule has 0 atom stereocenters. The molecule has 0 fully saturated rings. The Morgan fingerprint density at radius 1 is 0.688 bits per heavy atom. The second-order valence-electron chi connectivity index (χ2n) is 8.93. The summed E-state index contributed by atoms with van der Waals surface area (Å²) in [6, 6.07) is 30.8. The van der Waals surface area contributed by atoms with Crippen LogP contribution in [0.4, 0.5) is 0 Å². The number of rotatable bonds is 4. The Bertz CT molecular complexity index is 1430. The van der Waals surface area contributed by atoms with Crippen molar-refractivity contribution in [1.82, 2.24) is 4.57 Å². The van der Waals surface area contributed by atoms with Gasteiger partial charge in [0.1, 0.15) is 0 Å². The minimum Gasteiger partial charge on any atom is -0.392 e. The summed E-state index contributed by atoms with van der Waals surface area (Å²) in [7, 11) is 0. The van der Waals surface area contributed by atoms with Gasteiger partial charge in [-0.1, -0.05) is 74.5 Å². The van der Waals surface area contributed by atoms with Crippen LogP contribution < -0.4 is 0 Å². The van der Waals surface area contributed by atoms with Gasteiger partial charge < -0.3 is 9.67 Å². The van der Waals surface area contributed by atoms with Crippen LogP contribution in [0.5, 0.6) is 0 Å². The molecule has 1 aromatic heterocycles. The molecule has 32 heavy (non-hydrogen) atoms. The first-order chi connectivity index (χ1) is 15.7. The number of nitrogens with zero attached hydrogens (tertiary/aromatic N) is 1. The van der Waals surface area contributed by atoms with Crippen LogP contribution in [-0.2, 0) is 12.0 Å². The Kier molecular flexibility index (Phi) is 4.28. The molecule has 0 bridgehead atoms. The molecule has 2 nitrogen and oxygen atoms in total. The summed E-state index contributed by atoms with van der Waals surface area (Å²) in [5.41, 5.74) is 10.1. The summed E-state index contributed by atoms with van der Waals surface area (Å²) < 4.78 is 2.41. The fourth-order valence-electron chi connectivity index (χ4n) is 5.98. The average Bonchev–Trinajstić information content (AvgIpc) is 3.33. The van der Waals surface area contributed by atoms with Crippen LogP contribution in [0.15, 0.2) is 84.9 Å². The topological polar surface area (TPSA) is 25.2 Å². The maximum atomic E-state index is 9.77. The van der Waals surface area contributed by atoms with Gasteiger partial charge in [-0.15, -0.1) is 0 Å². The molecule has 1 aliphatic carbocycles. The molecule has 1 heterocycles. The third-order valence-corrected chi connectivity index (χ3v) is 7.64. The summed E-state index contributed by atoms with van der Waals surface area (Å²) in [6.45, 7) is 4.67. The summed E-state index contributed by atoms with van der Waals surface area (Å²) in [4.78, 5) is 0. The first-order valence-electron chi connectivity index (χ1n) is 11.6. The van der Waals surface area contributed by atoms with Crippen molar-refractivity contribution in [2.75, 3.05) is 0 Å². The van der Waals surface area contributed by atoms with Crippen LogP contribution in [-0.4, -0.2) is 9.67 Å². The lowest BCUT2D eigenvalue weighted by molar-refractivity contribution is 0.281. The van der Waals surface area contributed by atoms with Gasteiger partial charge >= 0.3 is 0 Å². The van der Waals surface area contributed by atoms with Crippen molar-refractivity contribution in [3.63, 3.8) is 0 Å². The smallest absolute Gasteiger partial charge is 0.0681 e. The third kappa shape index (κ3) is 2.44. The van der Waals surface area contributed by atoms with E-state index < -0.39 is 0 Å². The maximum Gasteiger partial charge on any atom is 0.0681 e. The van der Waals surface area contributed by atoms with Crippen molar-refractivity contribution < 1.29 is 5.11 Å². The lowest BCUT2D eigenvalue weighted by Gasteiger charge is -2.30. The Morgan fingerprint density at radius 3 is 1.84 bits per heavy atom. The second-order valence-corrected chi connectivity index (χ2v) is 8.93. The van der Waals surface area contributed by atoms with Crippen molar-refractivity contribution in [2.24, 2.45) is 0 Å². The summed E-state index contributed by atoms with van der Waals surface area (Å²) in [6.07, 6.45) is 2.07. The standard InChI is InChI=1S/C30H27NO/c1-3-30(4-2)26-17-20(19-32)13-15-22(26)23-16-14-21(18-27(23)30)31-28-11-7-5-9-24(28)25-10-6-8-12-29(25)31/h5-18,32H,3-4,19H2,1-2H3.